The molecule has 0 unspecified atom stereocenters. The molecule has 0 aliphatic heterocycles. The monoisotopic (exact) mass is 489 g/mol. The van der Waals surface area contributed by atoms with Gasteiger partial charge in [-0.2, -0.15) is 11.3 Å². The van der Waals surface area contributed by atoms with Gasteiger partial charge in [-0.1, -0.05) is 18.2 Å². The van der Waals surface area contributed by atoms with Crippen molar-refractivity contribution in [1.82, 2.24) is 4.98 Å². The molecule has 5 rings (SSSR count). The summed E-state index contributed by atoms with van der Waals surface area (Å²) < 4.78 is 41.7. The molecule has 1 aliphatic carbocycles. The molecule has 0 radical (unpaired) electrons. The lowest BCUT2D eigenvalue weighted by Crippen LogP contribution is -2.13. The second-order valence-corrected chi connectivity index (χ2v) is 9.56. The number of fused-ring (bicyclic) bond motifs is 1. The minimum absolute atomic E-state index is 0.0304. The third-order valence-electron chi connectivity index (χ3n) is 6.31. The molecule has 0 bridgehead atoms. The topological polar surface area (TPSA) is 30.0 Å². The number of allylic oxidation sites excluding steroid dienone is 2. The quantitative estimate of drug-likeness (QED) is 0.256. The van der Waals surface area contributed by atoms with E-state index >= 15 is 0 Å². The van der Waals surface area contributed by atoms with Crippen LogP contribution >= 0.6 is 11.3 Å². The molecule has 2 nitrogen and oxygen atoms in total. The lowest BCUT2D eigenvalue weighted by molar-refractivity contribution is -0.118. The van der Waals surface area contributed by atoms with E-state index in [0.717, 1.165) is 39.6 Å². The third kappa shape index (κ3) is 5.28. The summed E-state index contributed by atoms with van der Waals surface area (Å²) in [6.07, 6.45) is 4.90. The van der Waals surface area contributed by atoms with Crippen LogP contribution < -0.4 is 0 Å². The van der Waals surface area contributed by atoms with Crippen LogP contribution in [-0.2, 0) is 17.6 Å². The maximum absolute atomic E-state index is 13.9. The van der Waals surface area contributed by atoms with E-state index in [9.17, 15) is 18.0 Å². The molecule has 0 saturated heterocycles. The Hall–Kier alpha value is -3.51. The minimum atomic E-state index is -0.654. The van der Waals surface area contributed by atoms with Gasteiger partial charge in [0, 0.05) is 36.6 Å². The first kappa shape index (κ1) is 23.2. The van der Waals surface area contributed by atoms with E-state index < -0.39 is 11.6 Å². The molecule has 2 aromatic heterocycles. The van der Waals surface area contributed by atoms with Crippen LogP contribution in [0.1, 0.15) is 41.1 Å². The molecule has 6 heteroatoms. The van der Waals surface area contributed by atoms with Crippen LogP contribution in [0.2, 0.25) is 0 Å². The number of pyridine rings is 1. The molecular weight excluding hydrogens is 467 g/mol. The SMILES string of the molecule is O=C(CC1=CCc2ccc(F)cc21)C[C@@H](Cc1cc(F)cc(F)c1)c1ncccc1-c1ccsc1. The number of carbonyl (C=O) groups is 1. The lowest BCUT2D eigenvalue weighted by atomic mass is 9.86. The molecule has 1 aliphatic rings. The highest BCUT2D eigenvalue weighted by Gasteiger charge is 2.24. The number of halogens is 3. The molecular formula is C29H22F3NOS. The van der Waals surface area contributed by atoms with Crippen molar-refractivity contribution in [1.29, 1.82) is 0 Å². The first-order chi connectivity index (χ1) is 17.0. The maximum atomic E-state index is 13.9. The molecule has 0 fully saturated rings. The summed E-state index contributed by atoms with van der Waals surface area (Å²) in [7, 11) is 0. The van der Waals surface area contributed by atoms with Gasteiger partial charge in [0.2, 0.25) is 0 Å². The van der Waals surface area contributed by atoms with Crippen LogP contribution in [0.4, 0.5) is 13.2 Å². The Morgan fingerprint density at radius 2 is 1.80 bits per heavy atom. The van der Waals surface area contributed by atoms with Crippen LogP contribution in [-0.4, -0.2) is 10.8 Å². The summed E-state index contributed by atoms with van der Waals surface area (Å²) in [5.74, 6) is -2.05. The summed E-state index contributed by atoms with van der Waals surface area (Å²) in [5.41, 5.74) is 5.67. The Labute approximate surface area is 205 Å². The third-order valence-corrected chi connectivity index (χ3v) is 6.99. The van der Waals surface area contributed by atoms with Gasteiger partial charge >= 0.3 is 0 Å². The summed E-state index contributed by atoms with van der Waals surface area (Å²) >= 11 is 1.56. The first-order valence-electron chi connectivity index (χ1n) is 11.4. The van der Waals surface area contributed by atoms with Gasteiger partial charge in [0.15, 0.2) is 0 Å². The smallest absolute Gasteiger partial charge is 0.137 e. The number of benzene rings is 2. The Morgan fingerprint density at radius 1 is 0.971 bits per heavy atom. The van der Waals surface area contributed by atoms with Crippen molar-refractivity contribution in [3.8, 4) is 11.1 Å². The number of aromatic nitrogens is 1. The highest BCUT2D eigenvalue weighted by atomic mass is 32.1. The molecule has 2 aromatic carbocycles. The Morgan fingerprint density at radius 3 is 2.57 bits per heavy atom. The van der Waals surface area contributed by atoms with Crippen LogP contribution in [0.15, 0.2) is 77.6 Å². The molecule has 176 valence electrons. The summed E-state index contributed by atoms with van der Waals surface area (Å²) in [4.78, 5) is 17.9. The van der Waals surface area contributed by atoms with Crippen molar-refractivity contribution in [2.45, 2.75) is 31.6 Å². The van der Waals surface area contributed by atoms with Gasteiger partial charge in [-0.25, -0.2) is 13.2 Å². The van der Waals surface area contributed by atoms with E-state index in [4.69, 9.17) is 0 Å². The first-order valence-corrected chi connectivity index (χ1v) is 12.3. The molecule has 0 spiro atoms. The standard InChI is InChI=1S/C29H22F3NOS/c30-23-6-5-19-3-4-20(28(19)16-23)13-26(34)14-22(10-18-11-24(31)15-25(32)12-18)29-27(2-1-8-33-29)21-7-9-35-17-21/h1-2,4-9,11-12,15-17,22H,3,10,13-14H2/t22-/m1/s1. The van der Waals surface area contributed by atoms with E-state index in [0.29, 0.717) is 12.0 Å². The van der Waals surface area contributed by atoms with Gasteiger partial charge in [-0.3, -0.25) is 9.78 Å². The van der Waals surface area contributed by atoms with Crippen molar-refractivity contribution in [3.05, 3.63) is 117 Å². The van der Waals surface area contributed by atoms with Crippen molar-refractivity contribution in [2.24, 2.45) is 0 Å². The molecule has 35 heavy (non-hydrogen) atoms. The summed E-state index contributed by atoms with van der Waals surface area (Å²) in [6.45, 7) is 0. The number of Topliss-reactive ketones (excluding diaryl/α,β-unsaturated/α-hetero) is 1. The van der Waals surface area contributed by atoms with Crippen molar-refractivity contribution < 1.29 is 18.0 Å². The molecule has 4 aromatic rings. The predicted molar refractivity (Wildman–Crippen MR) is 133 cm³/mol. The Kier molecular flexibility index (Phi) is 6.64. The number of rotatable bonds is 8. The Balaban J connectivity index is 1.45. The highest BCUT2D eigenvalue weighted by molar-refractivity contribution is 7.08. The Bertz CT molecular complexity index is 1390. The van der Waals surface area contributed by atoms with E-state index in [2.05, 4.69) is 4.98 Å². The molecule has 0 N–H and O–H groups in total. The van der Waals surface area contributed by atoms with E-state index in [1.54, 1.807) is 23.6 Å². The number of thiophene rings is 1. The van der Waals surface area contributed by atoms with Crippen LogP contribution in [0, 0.1) is 17.5 Å². The number of ketones is 1. The largest absolute Gasteiger partial charge is 0.299 e. The second kappa shape index (κ2) is 10.0. The molecule has 1 atom stereocenters. The van der Waals surface area contributed by atoms with Crippen LogP contribution in [0.25, 0.3) is 16.7 Å². The van der Waals surface area contributed by atoms with Crippen LogP contribution in [0.5, 0.6) is 0 Å². The molecule has 2 heterocycles. The number of carbonyl (C=O) groups excluding carboxylic acids is 1. The number of hydrogen-bond donors (Lipinski definition) is 0. The predicted octanol–water partition coefficient (Wildman–Crippen LogP) is 7.54. The number of hydrogen-bond acceptors (Lipinski definition) is 3. The van der Waals surface area contributed by atoms with E-state index in [1.807, 2.05) is 35.0 Å². The maximum Gasteiger partial charge on any atom is 0.137 e. The zero-order valence-electron chi connectivity index (χ0n) is 18.8. The fourth-order valence-electron chi connectivity index (χ4n) is 4.78. The number of nitrogens with zero attached hydrogens (tertiary/aromatic N) is 1. The van der Waals surface area contributed by atoms with Crippen LogP contribution in [0.3, 0.4) is 0 Å². The molecule has 0 amide bonds. The van der Waals surface area contributed by atoms with Crippen molar-refractivity contribution in [2.75, 3.05) is 0 Å². The zero-order chi connectivity index (χ0) is 24.4. The van der Waals surface area contributed by atoms with E-state index in [1.165, 1.54) is 24.3 Å². The zero-order valence-corrected chi connectivity index (χ0v) is 19.6. The fourth-order valence-corrected chi connectivity index (χ4v) is 5.43. The normalized spacial score (nSPS) is 13.4. The van der Waals surface area contributed by atoms with E-state index in [-0.39, 0.29) is 36.8 Å². The van der Waals surface area contributed by atoms with Gasteiger partial charge in [0.25, 0.3) is 0 Å². The van der Waals surface area contributed by atoms with Gasteiger partial charge in [0.05, 0.1) is 5.69 Å². The van der Waals surface area contributed by atoms with Gasteiger partial charge in [0.1, 0.15) is 23.2 Å². The van der Waals surface area contributed by atoms with Gasteiger partial charge in [-0.15, -0.1) is 0 Å². The van der Waals surface area contributed by atoms with Crippen molar-refractivity contribution >= 4 is 22.7 Å². The van der Waals surface area contributed by atoms with Crippen molar-refractivity contribution in [3.63, 3.8) is 0 Å². The summed E-state index contributed by atoms with van der Waals surface area (Å²) in [6, 6.07) is 13.9. The highest BCUT2D eigenvalue weighted by Crippen LogP contribution is 2.36. The van der Waals surface area contributed by atoms with Gasteiger partial charge < -0.3 is 0 Å². The second-order valence-electron chi connectivity index (χ2n) is 8.78. The average Bonchev–Trinajstić information content (AvgIpc) is 3.49. The average molecular weight is 490 g/mol. The summed E-state index contributed by atoms with van der Waals surface area (Å²) in [5, 5.41) is 3.98. The molecule has 0 saturated carbocycles. The van der Waals surface area contributed by atoms with Gasteiger partial charge in [-0.05, 0) is 87.8 Å². The minimum Gasteiger partial charge on any atom is -0.299 e. The fraction of sp³-hybridized carbons (Fsp3) is 0.172. The lowest BCUT2D eigenvalue weighted by Gasteiger charge is -2.19.